The molecule has 2 aromatic carbocycles. The monoisotopic (exact) mass is 442 g/mol. The molecule has 7 nitrogen and oxygen atoms in total. The molecule has 0 bridgehead atoms. The molecule has 3 rings (SSSR count). The third-order valence-corrected chi connectivity index (χ3v) is 4.48. The zero-order valence-corrected chi connectivity index (χ0v) is 18.2. The first-order valence-electron chi connectivity index (χ1n) is 9.64. The van der Waals surface area contributed by atoms with Crippen molar-refractivity contribution in [1.82, 2.24) is 0 Å². The van der Waals surface area contributed by atoms with Gasteiger partial charge in [0.25, 0.3) is 11.8 Å². The Hall–Kier alpha value is -3.45. The van der Waals surface area contributed by atoms with Gasteiger partial charge in [-0.25, -0.2) is 0 Å². The summed E-state index contributed by atoms with van der Waals surface area (Å²) in [6, 6.07) is 13.0. The number of hydrogen-bond donors (Lipinski definition) is 2. The van der Waals surface area contributed by atoms with Crippen LogP contribution in [-0.2, 0) is 0 Å². The zero-order chi connectivity index (χ0) is 22.4. The molecule has 0 fully saturated rings. The van der Waals surface area contributed by atoms with E-state index in [0.717, 1.165) is 0 Å². The smallest absolute Gasteiger partial charge is 0.291 e. The summed E-state index contributed by atoms with van der Waals surface area (Å²) < 4.78 is 16.1. The van der Waals surface area contributed by atoms with Crippen molar-refractivity contribution in [3.8, 4) is 11.5 Å². The van der Waals surface area contributed by atoms with Crippen LogP contribution in [0.2, 0.25) is 5.02 Å². The van der Waals surface area contributed by atoms with Crippen LogP contribution in [0.1, 0.15) is 34.8 Å². The summed E-state index contributed by atoms with van der Waals surface area (Å²) in [6.07, 6.45) is 1.43. The predicted molar refractivity (Wildman–Crippen MR) is 119 cm³/mol. The molecule has 1 aromatic heterocycles. The van der Waals surface area contributed by atoms with Gasteiger partial charge < -0.3 is 24.5 Å². The third-order valence-electron chi connectivity index (χ3n) is 4.20. The Morgan fingerprint density at radius 2 is 1.68 bits per heavy atom. The maximum atomic E-state index is 12.7. The van der Waals surface area contributed by atoms with Crippen LogP contribution in [-0.4, -0.2) is 25.5 Å². The number of rotatable bonds is 8. The molecule has 8 heteroatoms. The van der Waals surface area contributed by atoms with Gasteiger partial charge in [-0.3, -0.25) is 9.59 Å². The van der Waals surface area contributed by atoms with Crippen molar-refractivity contribution < 1.29 is 23.5 Å². The van der Waals surface area contributed by atoms with Crippen LogP contribution in [0, 0.1) is 5.92 Å². The highest BCUT2D eigenvalue weighted by molar-refractivity contribution is 6.32. The van der Waals surface area contributed by atoms with Crippen LogP contribution in [0.5, 0.6) is 11.5 Å². The van der Waals surface area contributed by atoms with Crippen LogP contribution in [0.4, 0.5) is 11.4 Å². The van der Waals surface area contributed by atoms with Crippen LogP contribution in [0.3, 0.4) is 0 Å². The fourth-order valence-corrected chi connectivity index (χ4v) is 2.95. The van der Waals surface area contributed by atoms with E-state index in [4.69, 9.17) is 25.5 Å². The molecule has 0 aliphatic heterocycles. The van der Waals surface area contributed by atoms with Gasteiger partial charge in [-0.1, -0.05) is 25.4 Å². The molecule has 2 N–H and O–H groups in total. The minimum atomic E-state index is -0.358. The molecular formula is C23H23ClN2O5. The summed E-state index contributed by atoms with van der Waals surface area (Å²) in [5.74, 6) is 0.603. The van der Waals surface area contributed by atoms with E-state index >= 15 is 0 Å². The van der Waals surface area contributed by atoms with Crippen molar-refractivity contribution in [3.05, 3.63) is 71.1 Å². The number of carbonyl (C=O) groups is 2. The van der Waals surface area contributed by atoms with Crippen molar-refractivity contribution in [2.24, 2.45) is 5.92 Å². The number of halogens is 1. The number of anilines is 2. The lowest BCUT2D eigenvalue weighted by molar-refractivity contribution is 0.0994. The van der Waals surface area contributed by atoms with Gasteiger partial charge in [0, 0.05) is 16.9 Å². The summed E-state index contributed by atoms with van der Waals surface area (Å²) in [5, 5.41) is 5.79. The normalized spacial score (nSPS) is 10.6. The minimum absolute atomic E-state index is 0.212. The number of benzene rings is 2. The standard InChI is InChI=1S/C23H23ClN2O5/c1-14(2)13-31-21-18(24)11-15(12-20(21)29-3)22(27)25-16-6-8-17(9-7-16)26-23(28)19-5-4-10-30-19/h4-12,14H,13H2,1-3H3,(H,25,27)(H,26,28). The van der Waals surface area contributed by atoms with Gasteiger partial charge in [-0.2, -0.15) is 0 Å². The van der Waals surface area contributed by atoms with Crippen LogP contribution >= 0.6 is 11.6 Å². The zero-order valence-electron chi connectivity index (χ0n) is 17.4. The molecule has 0 aliphatic rings. The average Bonchev–Trinajstić information content (AvgIpc) is 3.28. The van der Waals surface area contributed by atoms with Gasteiger partial charge in [0.15, 0.2) is 17.3 Å². The second-order valence-electron chi connectivity index (χ2n) is 7.16. The van der Waals surface area contributed by atoms with Gasteiger partial charge in [-0.05, 0) is 54.4 Å². The number of nitrogens with one attached hydrogen (secondary N) is 2. The predicted octanol–water partition coefficient (Wildman–Crippen LogP) is 5.48. The molecular weight excluding hydrogens is 420 g/mol. The lowest BCUT2D eigenvalue weighted by Gasteiger charge is -2.15. The Morgan fingerprint density at radius 1 is 1.03 bits per heavy atom. The highest BCUT2D eigenvalue weighted by Gasteiger charge is 2.17. The topological polar surface area (TPSA) is 89.8 Å². The Morgan fingerprint density at radius 3 is 2.23 bits per heavy atom. The molecule has 0 saturated carbocycles. The first kappa shape index (κ1) is 22.2. The van der Waals surface area contributed by atoms with E-state index in [9.17, 15) is 9.59 Å². The molecule has 2 amide bonds. The number of ether oxygens (including phenoxy) is 2. The second-order valence-corrected chi connectivity index (χ2v) is 7.56. The molecule has 0 atom stereocenters. The molecule has 162 valence electrons. The second kappa shape index (κ2) is 10.0. The van der Waals surface area contributed by atoms with Crippen molar-refractivity contribution >= 4 is 34.8 Å². The van der Waals surface area contributed by atoms with Crippen LogP contribution < -0.4 is 20.1 Å². The molecule has 0 aliphatic carbocycles. The minimum Gasteiger partial charge on any atom is -0.493 e. The number of carbonyl (C=O) groups excluding carboxylic acids is 2. The highest BCUT2D eigenvalue weighted by atomic mass is 35.5. The molecule has 3 aromatic rings. The number of amides is 2. The van der Waals surface area contributed by atoms with E-state index in [0.29, 0.717) is 46.0 Å². The lowest BCUT2D eigenvalue weighted by Crippen LogP contribution is -2.13. The fraction of sp³-hybridized carbons (Fsp3) is 0.217. The van der Waals surface area contributed by atoms with Gasteiger partial charge in [0.2, 0.25) is 0 Å². The Kier molecular flexibility index (Phi) is 7.20. The van der Waals surface area contributed by atoms with E-state index in [1.165, 1.54) is 19.4 Å². The summed E-state index contributed by atoms with van der Waals surface area (Å²) in [5.41, 5.74) is 1.45. The number of hydrogen-bond acceptors (Lipinski definition) is 5. The van der Waals surface area contributed by atoms with E-state index in [-0.39, 0.29) is 17.6 Å². The third kappa shape index (κ3) is 5.79. The van der Waals surface area contributed by atoms with E-state index in [1.54, 1.807) is 42.5 Å². The summed E-state index contributed by atoms with van der Waals surface area (Å²) in [7, 11) is 1.49. The molecule has 0 saturated heterocycles. The summed E-state index contributed by atoms with van der Waals surface area (Å²) in [6.45, 7) is 4.52. The van der Waals surface area contributed by atoms with Crippen molar-refractivity contribution in [2.45, 2.75) is 13.8 Å². The molecule has 0 spiro atoms. The van der Waals surface area contributed by atoms with Crippen molar-refractivity contribution in [3.63, 3.8) is 0 Å². The van der Waals surface area contributed by atoms with Crippen molar-refractivity contribution in [2.75, 3.05) is 24.4 Å². The summed E-state index contributed by atoms with van der Waals surface area (Å²) >= 11 is 6.32. The molecule has 1 heterocycles. The largest absolute Gasteiger partial charge is 0.493 e. The van der Waals surface area contributed by atoms with Gasteiger partial charge in [0.1, 0.15) is 0 Å². The highest BCUT2D eigenvalue weighted by Crippen LogP contribution is 2.37. The van der Waals surface area contributed by atoms with Gasteiger partial charge >= 0.3 is 0 Å². The quantitative estimate of drug-likeness (QED) is 0.482. The van der Waals surface area contributed by atoms with Gasteiger partial charge in [0.05, 0.1) is 25.0 Å². The fourth-order valence-electron chi connectivity index (χ4n) is 2.68. The van der Waals surface area contributed by atoms with E-state index in [1.807, 2.05) is 13.8 Å². The summed E-state index contributed by atoms with van der Waals surface area (Å²) in [4.78, 5) is 24.7. The van der Waals surface area contributed by atoms with Crippen LogP contribution in [0.15, 0.2) is 59.2 Å². The van der Waals surface area contributed by atoms with E-state index in [2.05, 4.69) is 10.6 Å². The maximum absolute atomic E-state index is 12.7. The number of methoxy groups -OCH3 is 1. The first-order valence-corrected chi connectivity index (χ1v) is 10.0. The Labute approximate surface area is 185 Å². The average molecular weight is 443 g/mol. The Balaban J connectivity index is 1.68. The van der Waals surface area contributed by atoms with E-state index < -0.39 is 0 Å². The van der Waals surface area contributed by atoms with Gasteiger partial charge in [-0.15, -0.1) is 0 Å². The SMILES string of the molecule is COc1cc(C(=O)Nc2ccc(NC(=O)c3ccco3)cc2)cc(Cl)c1OCC(C)C. The van der Waals surface area contributed by atoms with Crippen molar-refractivity contribution in [1.29, 1.82) is 0 Å². The molecule has 0 unspecified atom stereocenters. The van der Waals surface area contributed by atoms with Crippen LogP contribution in [0.25, 0.3) is 0 Å². The number of furan rings is 1. The molecule has 31 heavy (non-hydrogen) atoms. The lowest BCUT2D eigenvalue weighted by atomic mass is 10.1. The Bertz CT molecular complexity index is 1050. The maximum Gasteiger partial charge on any atom is 0.291 e. The molecule has 0 radical (unpaired) electrons. The first-order chi connectivity index (χ1) is 14.9.